The molecule has 0 saturated carbocycles. The number of fused-ring (bicyclic) bond motifs is 1. The summed E-state index contributed by atoms with van der Waals surface area (Å²) in [5.41, 5.74) is -0.395. The highest BCUT2D eigenvalue weighted by Gasteiger charge is 2.34. The Morgan fingerprint density at radius 2 is 1.66 bits per heavy atom. The monoisotopic (exact) mass is 492 g/mol. The fourth-order valence-corrected chi connectivity index (χ4v) is 3.77. The molecule has 1 heterocycles. The van der Waals surface area contributed by atoms with Crippen LogP contribution in [0.2, 0.25) is 0 Å². The summed E-state index contributed by atoms with van der Waals surface area (Å²) in [5.74, 6) is -3.93. The van der Waals surface area contributed by atoms with Gasteiger partial charge in [-0.2, -0.15) is 0 Å². The number of aromatic hydroxyl groups is 1. The molecule has 0 radical (unpaired) electrons. The number of hydrogen-bond acceptors (Lipinski definition) is 5. The van der Waals surface area contributed by atoms with Gasteiger partial charge < -0.3 is 20.3 Å². The Labute approximate surface area is 197 Å². The second-order valence-corrected chi connectivity index (χ2v) is 8.55. The number of carbonyl (C=O) groups excluding carboxylic acids is 2. The van der Waals surface area contributed by atoms with Crippen LogP contribution in [0.1, 0.15) is 48.3 Å². The summed E-state index contributed by atoms with van der Waals surface area (Å²) in [7, 11) is 0. The summed E-state index contributed by atoms with van der Waals surface area (Å²) in [4.78, 5) is 37.7. The van der Waals surface area contributed by atoms with Crippen molar-refractivity contribution in [2.45, 2.75) is 45.5 Å². The molecular formula is C24H23F3N2O6. The van der Waals surface area contributed by atoms with Crippen molar-refractivity contribution < 1.29 is 42.5 Å². The van der Waals surface area contributed by atoms with E-state index in [0.717, 1.165) is 12.1 Å². The van der Waals surface area contributed by atoms with Crippen molar-refractivity contribution in [3.05, 3.63) is 59.3 Å². The number of alkyl halides is 3. The standard InChI is InChI=1S/C24H23F3N2O6/c1-12(20(31)28-23(3,4)22(33)34)19-13(2)29(18-10-7-15(30)11-17(18)19)21(32)14-5-8-16(9-6-14)35-24(25,26)27/h5-12,30H,1-4H3,(H,28,31)(H,33,34)/t12-/m1/s1. The number of halogens is 3. The van der Waals surface area contributed by atoms with Crippen LogP contribution in [-0.4, -0.2) is 44.5 Å². The number of carboxylic acid groups (broad SMARTS) is 1. The fourth-order valence-electron chi connectivity index (χ4n) is 3.77. The van der Waals surface area contributed by atoms with Crippen LogP contribution in [0.5, 0.6) is 11.5 Å². The molecule has 0 saturated heterocycles. The number of benzene rings is 2. The summed E-state index contributed by atoms with van der Waals surface area (Å²) in [6, 6.07) is 8.60. The third kappa shape index (κ3) is 5.23. The molecule has 3 aromatic rings. The summed E-state index contributed by atoms with van der Waals surface area (Å²) < 4.78 is 42.4. The van der Waals surface area contributed by atoms with Gasteiger partial charge in [0.1, 0.15) is 17.0 Å². The Balaban J connectivity index is 2.07. The first-order chi connectivity index (χ1) is 16.1. The van der Waals surface area contributed by atoms with Gasteiger partial charge in [-0.05, 0) is 75.7 Å². The van der Waals surface area contributed by atoms with Crippen LogP contribution in [0.15, 0.2) is 42.5 Å². The molecule has 35 heavy (non-hydrogen) atoms. The van der Waals surface area contributed by atoms with Gasteiger partial charge in [0.2, 0.25) is 5.91 Å². The topological polar surface area (TPSA) is 118 Å². The highest BCUT2D eigenvalue weighted by atomic mass is 19.4. The van der Waals surface area contributed by atoms with Gasteiger partial charge in [0.15, 0.2) is 0 Å². The van der Waals surface area contributed by atoms with Gasteiger partial charge in [-0.3, -0.25) is 14.2 Å². The van der Waals surface area contributed by atoms with E-state index < -0.39 is 41.4 Å². The van der Waals surface area contributed by atoms with Crippen LogP contribution < -0.4 is 10.1 Å². The van der Waals surface area contributed by atoms with E-state index in [9.17, 15) is 37.8 Å². The number of carbonyl (C=O) groups is 3. The van der Waals surface area contributed by atoms with E-state index in [1.54, 1.807) is 6.92 Å². The Kier molecular flexibility index (Phi) is 6.56. The summed E-state index contributed by atoms with van der Waals surface area (Å²) in [5, 5.41) is 22.2. The van der Waals surface area contributed by atoms with Crippen molar-refractivity contribution >= 4 is 28.7 Å². The number of carboxylic acids is 1. The molecule has 3 N–H and O–H groups in total. The lowest BCUT2D eigenvalue weighted by Crippen LogP contribution is -2.50. The van der Waals surface area contributed by atoms with Crippen molar-refractivity contribution in [2.24, 2.45) is 0 Å². The van der Waals surface area contributed by atoms with E-state index >= 15 is 0 Å². The van der Waals surface area contributed by atoms with Crippen LogP contribution in [0.25, 0.3) is 10.9 Å². The number of phenolic OH excluding ortho intramolecular Hbond substituents is 1. The minimum atomic E-state index is -4.87. The van der Waals surface area contributed by atoms with Crippen LogP contribution in [0, 0.1) is 6.92 Å². The van der Waals surface area contributed by atoms with Crippen molar-refractivity contribution in [2.75, 3.05) is 0 Å². The quantitative estimate of drug-likeness (QED) is 0.472. The van der Waals surface area contributed by atoms with E-state index in [0.29, 0.717) is 22.2 Å². The first kappa shape index (κ1) is 25.6. The SMILES string of the molecule is Cc1c([C@@H](C)C(=O)NC(C)(C)C(=O)O)c2cc(O)ccc2n1C(=O)c1ccc(OC(F)(F)F)cc1. The number of nitrogens with zero attached hydrogens (tertiary/aromatic N) is 1. The summed E-state index contributed by atoms with van der Waals surface area (Å²) in [6.45, 7) is 5.78. The fraction of sp³-hybridized carbons (Fsp3) is 0.292. The van der Waals surface area contributed by atoms with Gasteiger partial charge in [-0.15, -0.1) is 13.2 Å². The smallest absolute Gasteiger partial charge is 0.508 e. The number of ether oxygens (including phenoxy) is 1. The lowest BCUT2D eigenvalue weighted by atomic mass is 9.95. The largest absolute Gasteiger partial charge is 0.573 e. The van der Waals surface area contributed by atoms with Gasteiger partial charge in [-0.1, -0.05) is 0 Å². The first-order valence-electron chi connectivity index (χ1n) is 10.4. The maximum Gasteiger partial charge on any atom is 0.573 e. The van der Waals surface area contributed by atoms with Crippen molar-refractivity contribution in [3.63, 3.8) is 0 Å². The van der Waals surface area contributed by atoms with Crippen LogP contribution in [0.4, 0.5) is 13.2 Å². The number of aliphatic carboxylic acids is 1. The molecule has 3 rings (SSSR count). The van der Waals surface area contributed by atoms with Crippen molar-refractivity contribution in [1.82, 2.24) is 9.88 Å². The second kappa shape index (κ2) is 8.97. The molecule has 0 fully saturated rings. The highest BCUT2D eigenvalue weighted by molar-refractivity contribution is 6.06. The zero-order chi connectivity index (χ0) is 26.3. The molecule has 0 aliphatic rings. The third-order valence-corrected chi connectivity index (χ3v) is 5.57. The van der Waals surface area contributed by atoms with Crippen LogP contribution in [-0.2, 0) is 9.59 Å². The molecule has 186 valence electrons. The molecule has 0 aliphatic heterocycles. The number of aromatic nitrogens is 1. The van der Waals surface area contributed by atoms with Crippen molar-refractivity contribution in [3.8, 4) is 11.5 Å². The number of amides is 1. The Morgan fingerprint density at radius 1 is 1.06 bits per heavy atom. The normalized spacial score (nSPS) is 12.9. The van der Waals surface area contributed by atoms with E-state index in [1.807, 2.05) is 0 Å². The highest BCUT2D eigenvalue weighted by Crippen LogP contribution is 2.35. The molecule has 2 aromatic carbocycles. The third-order valence-electron chi connectivity index (χ3n) is 5.57. The first-order valence-corrected chi connectivity index (χ1v) is 10.4. The van der Waals surface area contributed by atoms with Crippen LogP contribution >= 0.6 is 0 Å². The van der Waals surface area contributed by atoms with Gasteiger partial charge >= 0.3 is 12.3 Å². The maximum absolute atomic E-state index is 13.3. The summed E-state index contributed by atoms with van der Waals surface area (Å²) in [6.07, 6.45) is -4.87. The van der Waals surface area contributed by atoms with E-state index in [2.05, 4.69) is 10.1 Å². The molecule has 0 unspecified atom stereocenters. The van der Waals surface area contributed by atoms with Gasteiger partial charge in [0.25, 0.3) is 5.91 Å². The molecule has 1 atom stereocenters. The molecule has 1 amide bonds. The zero-order valence-corrected chi connectivity index (χ0v) is 19.2. The van der Waals surface area contributed by atoms with E-state index in [1.165, 1.54) is 55.7 Å². The summed E-state index contributed by atoms with van der Waals surface area (Å²) >= 11 is 0. The van der Waals surface area contributed by atoms with Gasteiger partial charge in [0.05, 0.1) is 11.4 Å². The predicted octanol–water partition coefficient (Wildman–Crippen LogP) is 4.33. The maximum atomic E-state index is 13.3. The zero-order valence-electron chi connectivity index (χ0n) is 19.2. The van der Waals surface area contributed by atoms with Crippen molar-refractivity contribution in [1.29, 1.82) is 0 Å². The number of nitrogens with one attached hydrogen (secondary N) is 1. The van der Waals surface area contributed by atoms with Gasteiger partial charge in [-0.25, -0.2) is 4.79 Å². The molecule has 0 bridgehead atoms. The minimum Gasteiger partial charge on any atom is -0.508 e. The number of rotatable bonds is 6. The average Bonchev–Trinajstić information content (AvgIpc) is 3.02. The molecule has 0 aliphatic carbocycles. The second-order valence-electron chi connectivity index (χ2n) is 8.55. The Hall–Kier alpha value is -4.02. The van der Waals surface area contributed by atoms with Crippen LogP contribution in [0.3, 0.4) is 0 Å². The lowest BCUT2D eigenvalue weighted by molar-refractivity contribution is -0.274. The molecule has 1 aromatic heterocycles. The number of hydrogen-bond donors (Lipinski definition) is 3. The minimum absolute atomic E-state index is 0.0586. The Bertz CT molecular complexity index is 1310. The predicted molar refractivity (Wildman–Crippen MR) is 119 cm³/mol. The van der Waals surface area contributed by atoms with E-state index in [-0.39, 0.29) is 11.3 Å². The lowest BCUT2D eigenvalue weighted by Gasteiger charge is -2.23. The Morgan fingerprint density at radius 3 is 2.20 bits per heavy atom. The molecular weight excluding hydrogens is 469 g/mol. The molecule has 0 spiro atoms. The average molecular weight is 492 g/mol. The van der Waals surface area contributed by atoms with E-state index in [4.69, 9.17) is 0 Å². The van der Waals surface area contributed by atoms with Gasteiger partial charge in [0, 0.05) is 16.6 Å². The number of phenols is 1. The molecule has 11 heteroatoms. The molecule has 8 nitrogen and oxygen atoms in total.